The van der Waals surface area contributed by atoms with Crippen molar-refractivity contribution in [2.45, 2.75) is 57.5 Å². The summed E-state index contributed by atoms with van der Waals surface area (Å²) < 4.78 is 18.2. The fourth-order valence-electron chi connectivity index (χ4n) is 5.35. The maximum absolute atomic E-state index is 13.1. The molecule has 2 aromatic rings. The molecule has 5 heteroatoms. The highest BCUT2D eigenvalue weighted by atomic mass is 16.5. The number of rotatable bonds is 7. The molecule has 0 saturated carbocycles. The lowest BCUT2D eigenvalue weighted by atomic mass is 9.73. The molecule has 5 rings (SSSR count). The van der Waals surface area contributed by atoms with Crippen molar-refractivity contribution in [3.8, 4) is 11.5 Å². The first-order valence-electron chi connectivity index (χ1n) is 12.3. The standard InChI is InChI=1S/C30H30O5/c1-3-9-20-16-21(17-26(33-2)30(20)34-18-19-10-5-4-6-11-19)27-28-22(31)12-7-14-24(28)35-25-15-8-13-23(32)29(25)27/h3-6,10-11,16-17,27H,1,7-9,12-15,18H2,2H3. The van der Waals surface area contributed by atoms with Crippen LogP contribution in [0.2, 0.25) is 0 Å². The van der Waals surface area contributed by atoms with E-state index in [1.54, 1.807) is 7.11 Å². The van der Waals surface area contributed by atoms with E-state index in [-0.39, 0.29) is 11.6 Å². The van der Waals surface area contributed by atoms with Crippen LogP contribution in [0.3, 0.4) is 0 Å². The normalized spacial score (nSPS) is 18.1. The Balaban J connectivity index is 1.62. The summed E-state index contributed by atoms with van der Waals surface area (Å²) in [5.41, 5.74) is 4.09. The Morgan fingerprint density at radius 1 is 0.971 bits per heavy atom. The zero-order valence-corrected chi connectivity index (χ0v) is 20.1. The molecule has 0 amide bonds. The van der Waals surface area contributed by atoms with E-state index in [2.05, 4.69) is 6.58 Å². The number of Topliss-reactive ketones (excluding diaryl/α,β-unsaturated/α-hetero) is 2. The molecule has 0 unspecified atom stereocenters. The van der Waals surface area contributed by atoms with E-state index in [1.807, 2.05) is 48.5 Å². The third kappa shape index (κ3) is 4.43. The van der Waals surface area contributed by atoms with Crippen molar-refractivity contribution in [1.82, 2.24) is 0 Å². The van der Waals surface area contributed by atoms with Crippen molar-refractivity contribution in [3.63, 3.8) is 0 Å². The Kier molecular flexibility index (Phi) is 6.58. The monoisotopic (exact) mass is 470 g/mol. The van der Waals surface area contributed by atoms with E-state index < -0.39 is 5.92 Å². The molecule has 0 saturated heterocycles. The molecule has 5 nitrogen and oxygen atoms in total. The lowest BCUT2D eigenvalue weighted by molar-refractivity contribution is -0.117. The highest BCUT2D eigenvalue weighted by Crippen LogP contribution is 2.49. The van der Waals surface area contributed by atoms with Crippen LogP contribution in [0.1, 0.15) is 61.1 Å². The number of carbonyl (C=O) groups excluding carboxylic acids is 2. The second kappa shape index (κ2) is 9.95. The first-order chi connectivity index (χ1) is 17.1. The Hall–Kier alpha value is -3.60. The number of carbonyl (C=O) groups is 2. The second-order valence-corrected chi connectivity index (χ2v) is 9.24. The smallest absolute Gasteiger partial charge is 0.165 e. The number of ether oxygens (including phenoxy) is 3. The molecule has 0 radical (unpaired) electrons. The maximum Gasteiger partial charge on any atom is 0.165 e. The van der Waals surface area contributed by atoms with Gasteiger partial charge in [-0.05, 0) is 36.5 Å². The zero-order chi connectivity index (χ0) is 24.4. The van der Waals surface area contributed by atoms with Gasteiger partial charge < -0.3 is 14.2 Å². The zero-order valence-electron chi connectivity index (χ0n) is 20.1. The predicted octanol–water partition coefficient (Wildman–Crippen LogP) is 6.13. The van der Waals surface area contributed by atoms with Crippen LogP contribution in [0, 0.1) is 0 Å². The fourth-order valence-corrected chi connectivity index (χ4v) is 5.35. The molecule has 0 fully saturated rings. The first-order valence-corrected chi connectivity index (χ1v) is 12.3. The highest BCUT2D eigenvalue weighted by Gasteiger charge is 2.42. The van der Waals surface area contributed by atoms with Gasteiger partial charge in [0.15, 0.2) is 23.1 Å². The van der Waals surface area contributed by atoms with Gasteiger partial charge in [-0.2, -0.15) is 0 Å². The minimum absolute atomic E-state index is 0.0646. The maximum atomic E-state index is 13.1. The van der Waals surface area contributed by atoms with Gasteiger partial charge >= 0.3 is 0 Å². The third-order valence-corrected chi connectivity index (χ3v) is 6.94. The summed E-state index contributed by atoms with van der Waals surface area (Å²) in [6, 6.07) is 13.9. The summed E-state index contributed by atoms with van der Waals surface area (Å²) in [6.07, 6.45) is 6.34. The van der Waals surface area contributed by atoms with Crippen molar-refractivity contribution in [2.75, 3.05) is 7.11 Å². The summed E-state index contributed by atoms with van der Waals surface area (Å²) in [5, 5.41) is 0. The van der Waals surface area contributed by atoms with E-state index in [4.69, 9.17) is 14.2 Å². The van der Waals surface area contributed by atoms with Crippen LogP contribution in [0.25, 0.3) is 0 Å². The van der Waals surface area contributed by atoms with Crippen LogP contribution in [0.15, 0.2) is 77.8 Å². The number of hydrogen-bond acceptors (Lipinski definition) is 5. The van der Waals surface area contributed by atoms with E-state index in [0.717, 1.165) is 53.9 Å². The van der Waals surface area contributed by atoms with Crippen LogP contribution in [0.5, 0.6) is 11.5 Å². The van der Waals surface area contributed by atoms with Gasteiger partial charge in [0.05, 0.1) is 7.11 Å². The average Bonchev–Trinajstić information content (AvgIpc) is 2.87. The molecule has 0 spiro atoms. The van der Waals surface area contributed by atoms with Crippen LogP contribution in [0.4, 0.5) is 0 Å². The quantitative estimate of drug-likeness (QED) is 0.456. The van der Waals surface area contributed by atoms with Crippen LogP contribution in [-0.4, -0.2) is 18.7 Å². The van der Waals surface area contributed by atoms with Gasteiger partial charge in [-0.3, -0.25) is 9.59 Å². The van der Waals surface area contributed by atoms with Crippen molar-refractivity contribution >= 4 is 11.6 Å². The number of benzene rings is 2. The van der Waals surface area contributed by atoms with Gasteiger partial charge in [-0.1, -0.05) is 42.5 Å². The predicted molar refractivity (Wildman–Crippen MR) is 133 cm³/mol. The fraction of sp³-hybridized carbons (Fsp3) is 0.333. The molecular formula is C30H30O5. The SMILES string of the molecule is C=CCc1cc(C2C3=C(CCCC3=O)OC3=C2C(=O)CCC3)cc(OC)c1OCc1ccccc1. The van der Waals surface area contributed by atoms with Gasteiger partial charge in [-0.15, -0.1) is 6.58 Å². The minimum atomic E-state index is -0.435. The van der Waals surface area contributed by atoms with Gasteiger partial charge in [0.1, 0.15) is 18.1 Å². The minimum Gasteiger partial charge on any atom is -0.493 e. The molecule has 35 heavy (non-hydrogen) atoms. The molecule has 0 atom stereocenters. The van der Waals surface area contributed by atoms with Gasteiger partial charge in [-0.25, -0.2) is 0 Å². The van der Waals surface area contributed by atoms with Crippen molar-refractivity contribution in [1.29, 1.82) is 0 Å². The summed E-state index contributed by atoms with van der Waals surface area (Å²) in [4.78, 5) is 26.3. The lowest BCUT2D eigenvalue weighted by Gasteiger charge is -2.36. The Bertz CT molecular complexity index is 1190. The molecule has 2 aromatic carbocycles. The molecule has 3 aliphatic rings. The Morgan fingerprint density at radius 3 is 2.23 bits per heavy atom. The van der Waals surface area contributed by atoms with Gasteiger partial charge in [0, 0.05) is 48.3 Å². The Labute approximate surface area is 206 Å². The summed E-state index contributed by atoms with van der Waals surface area (Å²) >= 11 is 0. The average molecular weight is 471 g/mol. The Morgan fingerprint density at radius 2 is 1.63 bits per heavy atom. The molecule has 180 valence electrons. The number of ketones is 2. The van der Waals surface area contributed by atoms with Gasteiger partial charge in [0.25, 0.3) is 0 Å². The molecule has 0 aromatic heterocycles. The molecule has 2 aliphatic carbocycles. The number of methoxy groups -OCH3 is 1. The van der Waals surface area contributed by atoms with Crippen molar-refractivity contribution < 1.29 is 23.8 Å². The van der Waals surface area contributed by atoms with Crippen molar-refractivity contribution in [3.05, 3.63) is 94.5 Å². The third-order valence-electron chi connectivity index (χ3n) is 6.94. The molecule has 0 N–H and O–H groups in total. The molecule has 1 heterocycles. The van der Waals surface area contributed by atoms with E-state index in [9.17, 15) is 9.59 Å². The van der Waals surface area contributed by atoms with Crippen LogP contribution < -0.4 is 9.47 Å². The summed E-state index contributed by atoms with van der Waals surface area (Å²) in [7, 11) is 1.61. The van der Waals surface area contributed by atoms with Gasteiger partial charge in [0.2, 0.25) is 0 Å². The molecule has 0 bridgehead atoms. The first kappa shape index (κ1) is 23.2. The van der Waals surface area contributed by atoms with E-state index in [0.29, 0.717) is 48.5 Å². The lowest BCUT2D eigenvalue weighted by Crippen LogP contribution is -2.30. The second-order valence-electron chi connectivity index (χ2n) is 9.24. The largest absolute Gasteiger partial charge is 0.493 e. The number of allylic oxidation sites excluding steroid dienone is 5. The van der Waals surface area contributed by atoms with E-state index >= 15 is 0 Å². The van der Waals surface area contributed by atoms with E-state index in [1.165, 1.54) is 0 Å². The molecular weight excluding hydrogens is 440 g/mol. The topological polar surface area (TPSA) is 61.8 Å². The number of hydrogen-bond donors (Lipinski definition) is 0. The summed E-state index contributed by atoms with van der Waals surface area (Å²) in [5.74, 6) is 2.39. The van der Waals surface area contributed by atoms with Crippen LogP contribution >= 0.6 is 0 Å². The van der Waals surface area contributed by atoms with Crippen LogP contribution in [-0.2, 0) is 27.4 Å². The molecule has 1 aliphatic heterocycles. The van der Waals surface area contributed by atoms with Crippen molar-refractivity contribution in [2.24, 2.45) is 0 Å². The highest BCUT2D eigenvalue weighted by molar-refractivity contribution is 6.05. The summed E-state index contributed by atoms with van der Waals surface area (Å²) in [6.45, 7) is 4.33.